The normalized spacial score (nSPS) is 12.2. The summed E-state index contributed by atoms with van der Waals surface area (Å²) in [5, 5.41) is 2.61. The van der Waals surface area contributed by atoms with Crippen LogP contribution >= 0.6 is 0 Å². The van der Waals surface area contributed by atoms with Crippen LogP contribution in [0.2, 0.25) is 0 Å². The standard InChI is InChI=1S/C14H14F2N2O2/c1-7-3-4-13(20-7)8(2)18-14(19)9-5-10(15)11(16)6-12(9)17/h3-6,8H,17H2,1-2H3,(H,18,19). The second-order valence-corrected chi connectivity index (χ2v) is 4.50. The highest BCUT2D eigenvalue weighted by Gasteiger charge is 2.18. The highest BCUT2D eigenvalue weighted by Crippen LogP contribution is 2.20. The summed E-state index contributed by atoms with van der Waals surface area (Å²) in [6, 6.07) is 4.65. The first kappa shape index (κ1) is 14.0. The van der Waals surface area contributed by atoms with Crippen molar-refractivity contribution in [2.75, 3.05) is 5.73 Å². The van der Waals surface area contributed by atoms with Crippen LogP contribution in [-0.2, 0) is 0 Å². The molecule has 2 aromatic rings. The average Bonchev–Trinajstić information content (AvgIpc) is 2.80. The van der Waals surface area contributed by atoms with E-state index in [1.54, 1.807) is 26.0 Å². The Morgan fingerprint density at radius 3 is 2.55 bits per heavy atom. The lowest BCUT2D eigenvalue weighted by molar-refractivity contribution is 0.0935. The number of aryl methyl sites for hydroxylation is 1. The van der Waals surface area contributed by atoms with Crippen molar-refractivity contribution in [1.82, 2.24) is 5.32 Å². The SMILES string of the molecule is Cc1ccc(C(C)NC(=O)c2cc(F)c(F)cc2N)o1. The first-order valence-corrected chi connectivity index (χ1v) is 6.00. The lowest BCUT2D eigenvalue weighted by atomic mass is 10.1. The Balaban J connectivity index is 2.18. The Labute approximate surface area is 114 Å². The Hall–Kier alpha value is -2.37. The molecule has 0 saturated heterocycles. The number of nitrogens with one attached hydrogen (secondary N) is 1. The smallest absolute Gasteiger partial charge is 0.254 e. The minimum atomic E-state index is -1.12. The fourth-order valence-electron chi connectivity index (χ4n) is 1.79. The van der Waals surface area contributed by atoms with Gasteiger partial charge in [0.15, 0.2) is 11.6 Å². The molecule has 1 atom stereocenters. The Kier molecular flexibility index (Phi) is 3.74. The number of benzene rings is 1. The fraction of sp³-hybridized carbons (Fsp3) is 0.214. The van der Waals surface area contributed by atoms with Crippen molar-refractivity contribution in [2.24, 2.45) is 0 Å². The number of rotatable bonds is 3. The molecule has 0 radical (unpaired) electrons. The van der Waals surface area contributed by atoms with Crippen molar-refractivity contribution in [3.8, 4) is 0 Å². The van der Waals surface area contributed by atoms with Crippen LogP contribution < -0.4 is 11.1 Å². The molecule has 1 unspecified atom stereocenters. The molecule has 1 aromatic heterocycles. The summed E-state index contributed by atoms with van der Waals surface area (Å²) in [5.41, 5.74) is 5.29. The summed E-state index contributed by atoms with van der Waals surface area (Å²) in [6.45, 7) is 3.50. The summed E-state index contributed by atoms with van der Waals surface area (Å²) in [4.78, 5) is 12.0. The van der Waals surface area contributed by atoms with E-state index in [2.05, 4.69) is 5.32 Å². The van der Waals surface area contributed by atoms with Crippen molar-refractivity contribution in [3.63, 3.8) is 0 Å². The van der Waals surface area contributed by atoms with Crippen molar-refractivity contribution >= 4 is 11.6 Å². The van der Waals surface area contributed by atoms with Crippen LogP contribution in [0.3, 0.4) is 0 Å². The van der Waals surface area contributed by atoms with Crippen LogP contribution in [0.4, 0.5) is 14.5 Å². The third-order valence-electron chi connectivity index (χ3n) is 2.87. The Morgan fingerprint density at radius 1 is 1.30 bits per heavy atom. The number of furan rings is 1. The van der Waals surface area contributed by atoms with E-state index in [4.69, 9.17) is 10.2 Å². The van der Waals surface area contributed by atoms with E-state index in [0.29, 0.717) is 11.5 Å². The van der Waals surface area contributed by atoms with E-state index in [9.17, 15) is 13.6 Å². The maximum absolute atomic E-state index is 13.2. The first-order valence-electron chi connectivity index (χ1n) is 6.00. The highest BCUT2D eigenvalue weighted by atomic mass is 19.2. The van der Waals surface area contributed by atoms with E-state index in [1.807, 2.05) is 0 Å². The summed E-state index contributed by atoms with van der Waals surface area (Å²) >= 11 is 0. The molecule has 0 fully saturated rings. The minimum Gasteiger partial charge on any atom is -0.464 e. The monoisotopic (exact) mass is 280 g/mol. The number of nitrogens with two attached hydrogens (primary N) is 1. The topological polar surface area (TPSA) is 68.3 Å². The van der Waals surface area contributed by atoms with Crippen LogP contribution in [0.1, 0.15) is 34.8 Å². The zero-order valence-corrected chi connectivity index (χ0v) is 11.0. The molecular formula is C14H14F2N2O2. The van der Waals surface area contributed by atoms with E-state index < -0.39 is 23.6 Å². The lowest BCUT2D eigenvalue weighted by Gasteiger charge is -2.13. The third kappa shape index (κ3) is 2.79. The molecular weight excluding hydrogens is 266 g/mol. The van der Waals surface area contributed by atoms with Gasteiger partial charge in [0.2, 0.25) is 0 Å². The number of hydrogen-bond donors (Lipinski definition) is 2. The average molecular weight is 280 g/mol. The second kappa shape index (κ2) is 5.32. The second-order valence-electron chi connectivity index (χ2n) is 4.50. The number of amides is 1. The van der Waals surface area contributed by atoms with Gasteiger partial charge in [0.1, 0.15) is 11.5 Å². The molecule has 0 aliphatic heterocycles. The third-order valence-corrected chi connectivity index (χ3v) is 2.87. The maximum atomic E-state index is 13.2. The highest BCUT2D eigenvalue weighted by molar-refractivity contribution is 5.99. The molecule has 1 aromatic carbocycles. The molecule has 4 nitrogen and oxygen atoms in total. The zero-order chi connectivity index (χ0) is 14.9. The largest absolute Gasteiger partial charge is 0.464 e. The molecule has 1 heterocycles. The van der Waals surface area contributed by atoms with Crippen LogP contribution in [0.5, 0.6) is 0 Å². The molecule has 3 N–H and O–H groups in total. The predicted molar refractivity (Wildman–Crippen MR) is 70.1 cm³/mol. The molecule has 0 aliphatic rings. The van der Waals surface area contributed by atoms with Crippen molar-refractivity contribution in [2.45, 2.75) is 19.9 Å². The number of halogens is 2. The van der Waals surface area contributed by atoms with Gasteiger partial charge in [0, 0.05) is 11.8 Å². The first-order chi connectivity index (χ1) is 9.38. The lowest BCUT2D eigenvalue weighted by Crippen LogP contribution is -2.27. The van der Waals surface area contributed by atoms with E-state index >= 15 is 0 Å². The van der Waals surface area contributed by atoms with Crippen LogP contribution in [-0.4, -0.2) is 5.91 Å². The zero-order valence-electron chi connectivity index (χ0n) is 11.0. The van der Waals surface area contributed by atoms with Crippen molar-refractivity contribution in [1.29, 1.82) is 0 Å². The summed E-state index contributed by atoms with van der Waals surface area (Å²) < 4.78 is 31.5. The summed E-state index contributed by atoms with van der Waals surface area (Å²) in [5.74, 6) is -1.52. The number of carbonyl (C=O) groups is 1. The molecule has 1 amide bonds. The van der Waals surface area contributed by atoms with Gasteiger partial charge in [0.25, 0.3) is 5.91 Å². The number of nitrogen functional groups attached to an aromatic ring is 1. The quantitative estimate of drug-likeness (QED) is 0.849. The van der Waals surface area contributed by atoms with Crippen molar-refractivity contribution < 1.29 is 18.0 Å². The molecule has 0 aliphatic carbocycles. The molecule has 2 rings (SSSR count). The maximum Gasteiger partial charge on any atom is 0.254 e. The molecule has 20 heavy (non-hydrogen) atoms. The number of anilines is 1. The summed E-state index contributed by atoms with van der Waals surface area (Å²) in [6.07, 6.45) is 0. The van der Waals surface area contributed by atoms with Gasteiger partial charge in [0.05, 0.1) is 11.6 Å². The van der Waals surface area contributed by atoms with Gasteiger partial charge in [-0.3, -0.25) is 4.79 Å². The molecule has 0 saturated carbocycles. The Bertz CT molecular complexity index is 653. The van der Waals surface area contributed by atoms with E-state index in [0.717, 1.165) is 12.1 Å². The van der Waals surface area contributed by atoms with Gasteiger partial charge in [-0.05, 0) is 32.0 Å². The minimum absolute atomic E-state index is 0.112. The van der Waals surface area contributed by atoms with Crippen LogP contribution in [0, 0.1) is 18.6 Å². The number of carbonyl (C=O) groups excluding carboxylic acids is 1. The number of hydrogen-bond acceptors (Lipinski definition) is 3. The van der Waals surface area contributed by atoms with Gasteiger partial charge < -0.3 is 15.5 Å². The fourth-order valence-corrected chi connectivity index (χ4v) is 1.79. The molecule has 0 bridgehead atoms. The molecule has 6 heteroatoms. The van der Waals surface area contributed by atoms with Gasteiger partial charge in [-0.1, -0.05) is 0 Å². The van der Waals surface area contributed by atoms with Crippen LogP contribution in [0.15, 0.2) is 28.7 Å². The predicted octanol–water partition coefficient (Wildman–Crippen LogP) is 2.94. The van der Waals surface area contributed by atoms with E-state index in [1.165, 1.54) is 0 Å². The van der Waals surface area contributed by atoms with Crippen LogP contribution in [0.25, 0.3) is 0 Å². The van der Waals surface area contributed by atoms with Crippen molar-refractivity contribution in [3.05, 3.63) is 53.0 Å². The van der Waals surface area contributed by atoms with Gasteiger partial charge in [-0.2, -0.15) is 0 Å². The summed E-state index contributed by atoms with van der Waals surface area (Å²) in [7, 11) is 0. The van der Waals surface area contributed by atoms with Gasteiger partial charge in [-0.25, -0.2) is 8.78 Å². The van der Waals surface area contributed by atoms with Gasteiger partial charge >= 0.3 is 0 Å². The van der Waals surface area contributed by atoms with Gasteiger partial charge in [-0.15, -0.1) is 0 Å². The molecule has 0 spiro atoms. The molecule has 106 valence electrons. The Morgan fingerprint density at radius 2 is 1.95 bits per heavy atom. The van der Waals surface area contributed by atoms with E-state index in [-0.39, 0.29) is 11.3 Å².